The Balaban J connectivity index is 1.42. The Kier molecular flexibility index (Phi) is 8.63. The van der Waals surface area contributed by atoms with Gasteiger partial charge in [-0.25, -0.2) is 0 Å². The molecule has 0 spiro atoms. The predicted octanol–water partition coefficient (Wildman–Crippen LogP) is 5.18. The fraction of sp³-hybridized carbons (Fsp3) is 0.172. The highest BCUT2D eigenvalue weighted by atomic mass is 31.1. The van der Waals surface area contributed by atoms with E-state index in [1.54, 1.807) is 0 Å². The van der Waals surface area contributed by atoms with Gasteiger partial charge in [-0.3, -0.25) is 0 Å². The summed E-state index contributed by atoms with van der Waals surface area (Å²) in [5.41, 5.74) is 0. The minimum absolute atomic E-state index is 0.333. The first-order valence-electron chi connectivity index (χ1n) is 11.2. The van der Waals surface area contributed by atoms with Crippen LogP contribution in [0.1, 0.15) is 0 Å². The number of nitrogens with zero attached hydrogens (tertiary/aromatic N) is 1. The van der Waals surface area contributed by atoms with Crippen LogP contribution in [0.2, 0.25) is 0 Å². The Morgan fingerprint density at radius 3 is 0.938 bits per heavy atom. The van der Waals surface area contributed by atoms with Gasteiger partial charge in [0.05, 0.1) is 0 Å². The summed E-state index contributed by atoms with van der Waals surface area (Å²) in [5.74, 6) is 0. The minimum atomic E-state index is -0.333. The van der Waals surface area contributed by atoms with Crippen LogP contribution in [0.3, 0.4) is 0 Å². The second-order valence-corrected chi connectivity index (χ2v) is 12.6. The molecule has 0 aliphatic rings. The maximum absolute atomic E-state index is 2.53. The van der Waals surface area contributed by atoms with E-state index in [0.29, 0.717) is 0 Å². The Bertz CT molecular complexity index is 874. The van der Waals surface area contributed by atoms with Gasteiger partial charge < -0.3 is 4.90 Å². The molecule has 4 aromatic rings. The lowest BCUT2D eigenvalue weighted by molar-refractivity contribution is 0.378. The molecule has 0 aromatic heterocycles. The molecule has 3 heteroatoms. The minimum Gasteiger partial charge on any atom is -0.306 e. The first-order valence-corrected chi connectivity index (χ1v) is 14.3. The lowest BCUT2D eigenvalue weighted by Gasteiger charge is -2.25. The van der Waals surface area contributed by atoms with E-state index >= 15 is 0 Å². The molecule has 0 fully saturated rings. The molecule has 0 unspecified atom stereocenters. The van der Waals surface area contributed by atoms with Gasteiger partial charge in [0, 0.05) is 13.1 Å². The van der Waals surface area contributed by atoms with E-state index in [1.807, 2.05) is 0 Å². The second kappa shape index (κ2) is 12.1. The van der Waals surface area contributed by atoms with Crippen molar-refractivity contribution in [2.24, 2.45) is 0 Å². The fourth-order valence-corrected chi connectivity index (χ4v) is 8.74. The smallest absolute Gasteiger partial charge is 0.00238 e. The quantitative estimate of drug-likeness (QED) is 0.298. The second-order valence-electron chi connectivity index (χ2n) is 7.95. The van der Waals surface area contributed by atoms with E-state index in [2.05, 4.69) is 133 Å². The molecule has 0 atom stereocenters. The van der Waals surface area contributed by atoms with Crippen molar-refractivity contribution >= 4 is 37.1 Å². The summed E-state index contributed by atoms with van der Waals surface area (Å²) < 4.78 is 0. The van der Waals surface area contributed by atoms with Crippen LogP contribution in [0.5, 0.6) is 0 Å². The zero-order valence-corrected chi connectivity index (χ0v) is 20.5. The molecule has 162 valence electrons. The number of hydrogen-bond acceptors (Lipinski definition) is 1. The summed E-state index contributed by atoms with van der Waals surface area (Å²) in [6, 6.07) is 44.2. The van der Waals surface area contributed by atoms with Crippen LogP contribution < -0.4 is 21.2 Å². The zero-order valence-electron chi connectivity index (χ0n) is 18.7. The molecular formula is C29H31NP2. The van der Waals surface area contributed by atoms with Gasteiger partial charge >= 0.3 is 0 Å². The van der Waals surface area contributed by atoms with Crippen LogP contribution in [-0.2, 0) is 0 Å². The van der Waals surface area contributed by atoms with Crippen molar-refractivity contribution in [2.75, 3.05) is 32.5 Å². The van der Waals surface area contributed by atoms with Crippen molar-refractivity contribution in [2.45, 2.75) is 0 Å². The highest BCUT2D eigenvalue weighted by Crippen LogP contribution is 2.35. The van der Waals surface area contributed by atoms with E-state index in [4.69, 9.17) is 0 Å². The molecule has 0 heterocycles. The summed E-state index contributed by atoms with van der Waals surface area (Å²) in [4.78, 5) is 2.53. The molecule has 4 rings (SSSR count). The van der Waals surface area contributed by atoms with Crippen molar-refractivity contribution in [1.29, 1.82) is 0 Å². The van der Waals surface area contributed by atoms with Gasteiger partial charge in [0.25, 0.3) is 0 Å². The molecule has 4 aromatic carbocycles. The number of hydrogen-bond donors (Lipinski definition) is 0. The van der Waals surface area contributed by atoms with Crippen molar-refractivity contribution in [3.05, 3.63) is 121 Å². The molecule has 0 amide bonds. The molecule has 0 bridgehead atoms. The molecule has 1 nitrogen and oxygen atoms in total. The topological polar surface area (TPSA) is 3.24 Å². The zero-order chi connectivity index (χ0) is 22.0. The van der Waals surface area contributed by atoms with Gasteiger partial charge in [0.1, 0.15) is 0 Å². The third-order valence-electron chi connectivity index (χ3n) is 5.68. The van der Waals surface area contributed by atoms with Crippen LogP contribution in [-0.4, -0.2) is 37.4 Å². The standard InChI is InChI=1S/C29H31NP2/c1-30(22-24-31(26-14-6-2-7-15-26)27-16-8-3-9-17-27)23-25-32(28-18-10-4-11-19-28)29-20-12-5-13-21-29/h2-21H,22-25H2,1H3. The lowest BCUT2D eigenvalue weighted by Crippen LogP contribution is -2.29. The summed E-state index contributed by atoms with van der Waals surface area (Å²) in [5, 5.41) is 5.88. The van der Waals surface area contributed by atoms with E-state index in [-0.39, 0.29) is 15.8 Å². The molecular weight excluding hydrogens is 424 g/mol. The van der Waals surface area contributed by atoms with Crippen molar-refractivity contribution < 1.29 is 0 Å². The highest BCUT2D eigenvalue weighted by Gasteiger charge is 2.17. The first-order chi connectivity index (χ1) is 15.8. The van der Waals surface area contributed by atoms with Gasteiger partial charge in [0.2, 0.25) is 0 Å². The maximum atomic E-state index is 2.53. The van der Waals surface area contributed by atoms with Crippen LogP contribution >= 0.6 is 15.8 Å². The fourth-order valence-electron chi connectivity index (χ4n) is 3.90. The number of rotatable bonds is 10. The predicted molar refractivity (Wildman–Crippen MR) is 145 cm³/mol. The summed E-state index contributed by atoms with van der Waals surface area (Å²) in [6.45, 7) is 2.23. The van der Waals surface area contributed by atoms with Crippen molar-refractivity contribution in [3.63, 3.8) is 0 Å². The number of benzene rings is 4. The van der Waals surface area contributed by atoms with Crippen LogP contribution in [0, 0.1) is 0 Å². The lowest BCUT2D eigenvalue weighted by atomic mass is 10.4. The average Bonchev–Trinajstić information content (AvgIpc) is 2.87. The average molecular weight is 456 g/mol. The largest absolute Gasteiger partial charge is 0.306 e. The molecule has 0 radical (unpaired) electrons. The SMILES string of the molecule is CN(CCP(c1ccccc1)c1ccccc1)CCP(c1ccccc1)c1ccccc1. The van der Waals surface area contributed by atoms with E-state index in [1.165, 1.54) is 33.5 Å². The summed E-state index contributed by atoms with van der Waals surface area (Å²) in [6.07, 6.45) is 2.38. The summed E-state index contributed by atoms with van der Waals surface area (Å²) in [7, 11) is 1.62. The molecule has 0 aliphatic heterocycles. The first kappa shape index (κ1) is 22.9. The van der Waals surface area contributed by atoms with E-state index in [0.717, 1.165) is 13.1 Å². The molecule has 0 aliphatic carbocycles. The molecule has 0 saturated heterocycles. The van der Waals surface area contributed by atoms with E-state index in [9.17, 15) is 0 Å². The monoisotopic (exact) mass is 455 g/mol. The van der Waals surface area contributed by atoms with Crippen LogP contribution in [0.15, 0.2) is 121 Å². The Morgan fingerprint density at radius 1 is 0.438 bits per heavy atom. The molecule has 32 heavy (non-hydrogen) atoms. The Labute approximate surface area is 195 Å². The third-order valence-corrected chi connectivity index (χ3v) is 10.7. The van der Waals surface area contributed by atoms with Crippen molar-refractivity contribution in [3.8, 4) is 0 Å². The van der Waals surface area contributed by atoms with E-state index < -0.39 is 0 Å². The Morgan fingerprint density at radius 2 is 0.688 bits per heavy atom. The summed E-state index contributed by atoms with van der Waals surface area (Å²) >= 11 is 0. The van der Waals surface area contributed by atoms with Crippen LogP contribution in [0.25, 0.3) is 0 Å². The van der Waals surface area contributed by atoms with Gasteiger partial charge in [-0.15, -0.1) is 0 Å². The molecule has 0 saturated carbocycles. The van der Waals surface area contributed by atoms with Gasteiger partial charge in [0.15, 0.2) is 0 Å². The maximum Gasteiger partial charge on any atom is 0.00238 e. The van der Waals surface area contributed by atoms with Gasteiger partial charge in [-0.1, -0.05) is 121 Å². The van der Waals surface area contributed by atoms with Gasteiger partial charge in [-0.05, 0) is 56.4 Å². The Hall–Kier alpha value is -2.30. The third kappa shape index (κ3) is 6.36. The van der Waals surface area contributed by atoms with Crippen LogP contribution in [0.4, 0.5) is 0 Å². The molecule has 0 N–H and O–H groups in total. The highest BCUT2D eigenvalue weighted by molar-refractivity contribution is 7.73. The van der Waals surface area contributed by atoms with Gasteiger partial charge in [-0.2, -0.15) is 0 Å². The normalized spacial score (nSPS) is 11.4. The van der Waals surface area contributed by atoms with Crippen molar-refractivity contribution in [1.82, 2.24) is 4.90 Å².